The molecule has 142 valence electrons. The first-order chi connectivity index (χ1) is 12.8. The van der Waals surface area contributed by atoms with Crippen molar-refractivity contribution in [3.63, 3.8) is 0 Å². The Morgan fingerprint density at radius 1 is 0.926 bits per heavy atom. The molecule has 2 N–H and O–H groups in total. The number of carbonyl (C=O) groups excluding carboxylic acids is 2. The summed E-state index contributed by atoms with van der Waals surface area (Å²) in [6.07, 6.45) is 0.850. The number of urea groups is 1. The van der Waals surface area contributed by atoms with E-state index in [1.54, 1.807) is 0 Å². The zero-order valence-corrected chi connectivity index (χ0v) is 16.4. The molecule has 0 aromatic heterocycles. The van der Waals surface area contributed by atoms with Gasteiger partial charge in [0.25, 0.3) is 0 Å². The highest BCUT2D eigenvalue weighted by molar-refractivity contribution is 5.99. The van der Waals surface area contributed by atoms with E-state index in [0.29, 0.717) is 6.54 Å². The molecular formula is C22H27N3O2. The summed E-state index contributed by atoms with van der Waals surface area (Å²) in [5, 5.41) is 5.77. The first-order valence-corrected chi connectivity index (χ1v) is 9.38. The molecule has 0 saturated heterocycles. The van der Waals surface area contributed by atoms with Gasteiger partial charge in [0.1, 0.15) is 0 Å². The number of hydrogen-bond donors (Lipinski definition) is 2. The van der Waals surface area contributed by atoms with Gasteiger partial charge in [0.15, 0.2) is 0 Å². The fourth-order valence-corrected chi connectivity index (χ4v) is 3.53. The minimum atomic E-state index is -0.272. The maximum Gasteiger partial charge on any atom is 0.323 e. The first-order valence-electron chi connectivity index (χ1n) is 9.38. The molecule has 1 aliphatic heterocycles. The summed E-state index contributed by atoms with van der Waals surface area (Å²) in [7, 11) is 0. The Labute approximate surface area is 160 Å². The number of carbonyl (C=O) groups is 2. The lowest BCUT2D eigenvalue weighted by Crippen LogP contribution is -2.38. The van der Waals surface area contributed by atoms with Gasteiger partial charge in [-0.3, -0.25) is 4.79 Å². The monoisotopic (exact) mass is 365 g/mol. The van der Waals surface area contributed by atoms with E-state index in [0.717, 1.165) is 41.0 Å². The predicted octanol–water partition coefficient (Wildman–Crippen LogP) is 4.49. The van der Waals surface area contributed by atoms with Crippen LogP contribution in [0.5, 0.6) is 0 Å². The smallest absolute Gasteiger partial charge is 0.323 e. The molecule has 0 radical (unpaired) electrons. The summed E-state index contributed by atoms with van der Waals surface area (Å²) in [4.78, 5) is 26.5. The van der Waals surface area contributed by atoms with E-state index in [1.165, 1.54) is 5.56 Å². The van der Waals surface area contributed by atoms with Crippen LogP contribution in [0.1, 0.15) is 36.1 Å². The molecule has 5 nitrogen and oxygen atoms in total. The van der Waals surface area contributed by atoms with Gasteiger partial charge in [0, 0.05) is 30.4 Å². The molecule has 27 heavy (non-hydrogen) atoms. The van der Waals surface area contributed by atoms with Gasteiger partial charge in [-0.05, 0) is 66.8 Å². The summed E-state index contributed by atoms with van der Waals surface area (Å²) in [5.74, 6) is 0.169. The third-order valence-electron chi connectivity index (χ3n) is 4.76. The number of benzene rings is 2. The highest BCUT2D eigenvalue weighted by Gasteiger charge is 2.22. The van der Waals surface area contributed by atoms with Crippen LogP contribution in [-0.2, 0) is 17.8 Å². The Bertz CT molecular complexity index is 854. The quantitative estimate of drug-likeness (QED) is 0.842. The number of rotatable bonds is 3. The average Bonchev–Trinajstić information content (AvgIpc) is 2.59. The lowest BCUT2D eigenvalue weighted by molar-refractivity contribution is -0.135. The highest BCUT2D eigenvalue weighted by Crippen LogP contribution is 2.24. The maximum atomic E-state index is 12.3. The largest absolute Gasteiger partial charge is 0.338 e. The van der Waals surface area contributed by atoms with E-state index in [-0.39, 0.29) is 17.9 Å². The number of fused-ring (bicyclic) bond motifs is 1. The van der Waals surface area contributed by atoms with Gasteiger partial charge in [-0.2, -0.15) is 0 Å². The van der Waals surface area contributed by atoms with E-state index < -0.39 is 0 Å². The molecule has 2 aromatic carbocycles. The van der Waals surface area contributed by atoms with E-state index in [4.69, 9.17) is 0 Å². The van der Waals surface area contributed by atoms with Crippen LogP contribution in [-0.4, -0.2) is 23.4 Å². The van der Waals surface area contributed by atoms with Crippen molar-refractivity contribution in [2.75, 3.05) is 17.2 Å². The van der Waals surface area contributed by atoms with E-state index >= 15 is 0 Å². The van der Waals surface area contributed by atoms with Crippen molar-refractivity contribution < 1.29 is 9.59 Å². The normalized spacial score (nSPS) is 13.3. The number of amides is 3. The minimum Gasteiger partial charge on any atom is -0.338 e. The fourth-order valence-electron chi connectivity index (χ4n) is 3.53. The predicted molar refractivity (Wildman–Crippen MR) is 109 cm³/mol. The van der Waals surface area contributed by atoms with Crippen LogP contribution in [0.4, 0.5) is 16.2 Å². The Balaban J connectivity index is 1.69. The second kappa shape index (κ2) is 7.82. The molecule has 3 rings (SSSR count). The van der Waals surface area contributed by atoms with Crippen LogP contribution in [0, 0.1) is 19.8 Å². The van der Waals surface area contributed by atoms with E-state index in [9.17, 15) is 9.59 Å². The standard InChI is InChI=1S/C22H27N3O2/c1-14(2)21(26)25-8-7-17-5-6-19(12-18(17)13-25)23-22(27)24-20-10-15(3)9-16(4)11-20/h5-6,9-12,14H,7-8,13H2,1-4H3,(H2,23,24,27). The highest BCUT2D eigenvalue weighted by atomic mass is 16.2. The Morgan fingerprint density at radius 2 is 1.59 bits per heavy atom. The topological polar surface area (TPSA) is 61.4 Å². The van der Waals surface area contributed by atoms with Crippen molar-refractivity contribution in [2.45, 2.75) is 40.7 Å². The van der Waals surface area contributed by atoms with E-state index in [1.807, 2.05) is 62.9 Å². The second-order valence-corrected chi connectivity index (χ2v) is 7.60. The van der Waals surface area contributed by atoms with Crippen LogP contribution < -0.4 is 10.6 Å². The molecule has 0 spiro atoms. The molecule has 5 heteroatoms. The van der Waals surface area contributed by atoms with Crippen molar-refractivity contribution in [2.24, 2.45) is 5.92 Å². The third kappa shape index (κ3) is 4.67. The van der Waals surface area contributed by atoms with Crippen LogP contribution in [0.15, 0.2) is 36.4 Å². The summed E-state index contributed by atoms with van der Waals surface area (Å²) in [6, 6.07) is 11.6. The molecule has 0 aliphatic carbocycles. The van der Waals surface area contributed by atoms with Crippen LogP contribution in [0.3, 0.4) is 0 Å². The summed E-state index contributed by atoms with van der Waals surface area (Å²) in [6.45, 7) is 9.21. The van der Waals surface area contributed by atoms with Crippen molar-refractivity contribution in [1.29, 1.82) is 0 Å². The zero-order chi connectivity index (χ0) is 19.6. The third-order valence-corrected chi connectivity index (χ3v) is 4.76. The molecule has 0 fully saturated rings. The Hall–Kier alpha value is -2.82. The van der Waals surface area contributed by atoms with Gasteiger partial charge < -0.3 is 15.5 Å². The lowest BCUT2D eigenvalue weighted by Gasteiger charge is -2.30. The summed E-state index contributed by atoms with van der Waals surface area (Å²) in [5.41, 5.74) is 6.05. The average molecular weight is 365 g/mol. The maximum absolute atomic E-state index is 12.3. The molecule has 3 amide bonds. The Morgan fingerprint density at radius 3 is 2.26 bits per heavy atom. The zero-order valence-electron chi connectivity index (χ0n) is 16.4. The van der Waals surface area contributed by atoms with Crippen molar-refractivity contribution in [1.82, 2.24) is 4.90 Å². The van der Waals surface area contributed by atoms with Gasteiger partial charge in [-0.15, -0.1) is 0 Å². The van der Waals surface area contributed by atoms with Crippen molar-refractivity contribution in [3.05, 3.63) is 58.7 Å². The number of nitrogens with one attached hydrogen (secondary N) is 2. The number of hydrogen-bond acceptors (Lipinski definition) is 2. The molecule has 0 unspecified atom stereocenters. The van der Waals surface area contributed by atoms with Gasteiger partial charge >= 0.3 is 6.03 Å². The van der Waals surface area contributed by atoms with Crippen LogP contribution in [0.25, 0.3) is 0 Å². The molecule has 0 bridgehead atoms. The van der Waals surface area contributed by atoms with Crippen molar-refractivity contribution >= 4 is 23.3 Å². The molecule has 2 aromatic rings. The number of nitrogens with zero attached hydrogens (tertiary/aromatic N) is 1. The molecule has 1 heterocycles. The number of anilines is 2. The molecule has 0 atom stereocenters. The Kier molecular flexibility index (Phi) is 5.49. The van der Waals surface area contributed by atoms with Gasteiger partial charge in [-0.25, -0.2) is 4.79 Å². The number of aryl methyl sites for hydroxylation is 2. The lowest BCUT2D eigenvalue weighted by atomic mass is 9.98. The second-order valence-electron chi connectivity index (χ2n) is 7.60. The molecule has 0 saturated carbocycles. The summed E-state index contributed by atoms with van der Waals surface area (Å²) < 4.78 is 0. The van der Waals surface area contributed by atoms with Gasteiger partial charge in [0.05, 0.1) is 0 Å². The SMILES string of the molecule is Cc1cc(C)cc(NC(=O)Nc2ccc3c(c2)CN(C(=O)C(C)C)CC3)c1. The molecular weight excluding hydrogens is 338 g/mol. The molecule has 1 aliphatic rings. The van der Waals surface area contributed by atoms with Crippen LogP contribution >= 0.6 is 0 Å². The first kappa shape index (κ1) is 19.0. The van der Waals surface area contributed by atoms with Crippen molar-refractivity contribution in [3.8, 4) is 0 Å². The minimum absolute atomic E-state index is 0.00331. The van der Waals surface area contributed by atoms with Crippen LogP contribution in [0.2, 0.25) is 0 Å². The van der Waals surface area contributed by atoms with Gasteiger partial charge in [0.2, 0.25) is 5.91 Å². The van der Waals surface area contributed by atoms with Gasteiger partial charge in [-0.1, -0.05) is 26.0 Å². The summed E-state index contributed by atoms with van der Waals surface area (Å²) >= 11 is 0. The van der Waals surface area contributed by atoms with E-state index in [2.05, 4.69) is 16.7 Å². The fraction of sp³-hybridized carbons (Fsp3) is 0.364.